The zero-order valence-corrected chi connectivity index (χ0v) is 17.5. The Hall–Kier alpha value is -2.80. The van der Waals surface area contributed by atoms with Gasteiger partial charge in [0.15, 0.2) is 17.5 Å². The van der Waals surface area contributed by atoms with Crippen LogP contribution in [0.25, 0.3) is 0 Å². The van der Waals surface area contributed by atoms with Crippen molar-refractivity contribution in [2.45, 2.75) is 26.4 Å². The van der Waals surface area contributed by atoms with Gasteiger partial charge in [-0.3, -0.25) is 4.99 Å². The molecule has 0 atom stereocenters. The van der Waals surface area contributed by atoms with E-state index in [1.165, 1.54) is 13.2 Å². The van der Waals surface area contributed by atoms with Crippen molar-refractivity contribution in [3.63, 3.8) is 0 Å². The van der Waals surface area contributed by atoms with Crippen LogP contribution in [-0.4, -0.2) is 40.4 Å². The summed E-state index contributed by atoms with van der Waals surface area (Å²) in [5, 5.41) is 6.46. The molecule has 0 heterocycles. The number of benzene rings is 2. The van der Waals surface area contributed by atoms with Gasteiger partial charge in [-0.05, 0) is 36.2 Å². The van der Waals surface area contributed by atoms with Crippen LogP contribution in [-0.2, 0) is 17.8 Å². The summed E-state index contributed by atoms with van der Waals surface area (Å²) in [6.07, 6.45) is 0.832. The van der Waals surface area contributed by atoms with E-state index in [9.17, 15) is 4.39 Å². The van der Waals surface area contributed by atoms with Gasteiger partial charge in [0.05, 0.1) is 13.7 Å². The third kappa shape index (κ3) is 7.27. The predicted molar refractivity (Wildman–Crippen MR) is 113 cm³/mol. The van der Waals surface area contributed by atoms with E-state index in [-0.39, 0.29) is 11.6 Å². The fraction of sp³-hybridized carbons (Fsp3) is 0.409. The highest BCUT2D eigenvalue weighted by Gasteiger charge is 2.07. The number of methoxy groups -OCH3 is 2. The number of nitrogens with zero attached hydrogens (tertiary/aromatic N) is 1. The van der Waals surface area contributed by atoms with Gasteiger partial charge in [-0.1, -0.05) is 18.2 Å². The van der Waals surface area contributed by atoms with Crippen LogP contribution < -0.4 is 20.1 Å². The predicted octanol–water partition coefficient (Wildman–Crippen LogP) is 3.42. The summed E-state index contributed by atoms with van der Waals surface area (Å²) in [7, 11) is 4.82. The third-order valence-electron chi connectivity index (χ3n) is 4.32. The summed E-state index contributed by atoms with van der Waals surface area (Å²) in [5.41, 5.74) is 2.97. The Kier molecular flexibility index (Phi) is 9.24. The first-order valence-electron chi connectivity index (χ1n) is 9.55. The highest BCUT2D eigenvalue weighted by atomic mass is 19.1. The van der Waals surface area contributed by atoms with Crippen LogP contribution in [0.3, 0.4) is 0 Å². The molecule has 29 heavy (non-hydrogen) atoms. The lowest BCUT2D eigenvalue weighted by Gasteiger charge is -2.16. The van der Waals surface area contributed by atoms with Crippen molar-refractivity contribution in [3.05, 3.63) is 58.9 Å². The van der Waals surface area contributed by atoms with Gasteiger partial charge in [0, 0.05) is 45.8 Å². The van der Waals surface area contributed by atoms with Gasteiger partial charge in [-0.2, -0.15) is 0 Å². The molecular formula is C22H30FN3O3. The van der Waals surface area contributed by atoms with E-state index in [1.807, 2.05) is 25.1 Å². The Balaban J connectivity index is 1.92. The van der Waals surface area contributed by atoms with Crippen molar-refractivity contribution in [1.29, 1.82) is 0 Å². The third-order valence-corrected chi connectivity index (χ3v) is 4.32. The number of aliphatic imine (C=N–C) groups is 1. The van der Waals surface area contributed by atoms with Gasteiger partial charge in [0.2, 0.25) is 0 Å². The van der Waals surface area contributed by atoms with Crippen LogP contribution in [0.5, 0.6) is 11.5 Å². The van der Waals surface area contributed by atoms with Crippen molar-refractivity contribution in [2.75, 3.05) is 34.5 Å². The topological polar surface area (TPSA) is 64.1 Å². The Morgan fingerprint density at radius 2 is 1.79 bits per heavy atom. The summed E-state index contributed by atoms with van der Waals surface area (Å²) in [4.78, 5) is 4.23. The summed E-state index contributed by atoms with van der Waals surface area (Å²) < 4.78 is 29.8. The van der Waals surface area contributed by atoms with Crippen LogP contribution in [0.15, 0.2) is 41.4 Å². The number of rotatable bonds is 10. The molecule has 2 aromatic rings. The monoisotopic (exact) mass is 403 g/mol. The fourth-order valence-electron chi connectivity index (χ4n) is 2.73. The van der Waals surface area contributed by atoms with Crippen molar-refractivity contribution in [1.82, 2.24) is 10.6 Å². The second-order valence-corrected chi connectivity index (χ2v) is 6.55. The molecule has 0 bridgehead atoms. The Morgan fingerprint density at radius 1 is 1.00 bits per heavy atom. The van der Waals surface area contributed by atoms with Gasteiger partial charge < -0.3 is 24.8 Å². The molecule has 158 valence electrons. The molecule has 0 aromatic heterocycles. The average molecular weight is 403 g/mol. The molecule has 0 radical (unpaired) electrons. The van der Waals surface area contributed by atoms with Gasteiger partial charge in [-0.15, -0.1) is 0 Å². The minimum atomic E-state index is -0.385. The number of ether oxygens (including phenoxy) is 3. The number of halogens is 1. The molecule has 2 rings (SSSR count). The smallest absolute Gasteiger partial charge is 0.191 e. The van der Waals surface area contributed by atoms with Gasteiger partial charge in [0.25, 0.3) is 0 Å². The van der Waals surface area contributed by atoms with Crippen molar-refractivity contribution in [2.24, 2.45) is 4.99 Å². The lowest BCUT2D eigenvalue weighted by Crippen LogP contribution is -2.36. The molecule has 0 unspecified atom stereocenters. The molecule has 0 saturated carbocycles. The summed E-state index contributed by atoms with van der Waals surface area (Å²) in [6, 6.07) is 11.0. The number of nitrogens with one attached hydrogen (secondary N) is 2. The van der Waals surface area contributed by atoms with Crippen molar-refractivity contribution >= 4 is 5.96 Å². The quantitative estimate of drug-likeness (QED) is 0.362. The second-order valence-electron chi connectivity index (χ2n) is 6.55. The van der Waals surface area contributed by atoms with E-state index in [0.29, 0.717) is 32.3 Å². The zero-order chi connectivity index (χ0) is 21.1. The van der Waals surface area contributed by atoms with Crippen molar-refractivity contribution < 1.29 is 18.6 Å². The lowest BCUT2D eigenvalue weighted by atomic mass is 10.1. The van der Waals surface area contributed by atoms with Gasteiger partial charge >= 0.3 is 0 Å². The van der Waals surface area contributed by atoms with Crippen LogP contribution in [0, 0.1) is 12.7 Å². The first kappa shape index (κ1) is 22.5. The Bertz CT molecular complexity index is 812. The average Bonchev–Trinajstić information content (AvgIpc) is 2.72. The Morgan fingerprint density at radius 3 is 2.48 bits per heavy atom. The molecule has 2 N–H and O–H groups in total. The summed E-state index contributed by atoms with van der Waals surface area (Å²) in [6.45, 7) is 4.29. The number of guanidine groups is 1. The lowest BCUT2D eigenvalue weighted by molar-refractivity contribution is 0.171. The van der Waals surface area contributed by atoms with Crippen LogP contribution >= 0.6 is 0 Å². The highest BCUT2D eigenvalue weighted by Crippen LogP contribution is 2.21. The molecule has 0 fully saturated rings. The normalized spacial score (nSPS) is 11.3. The van der Waals surface area contributed by atoms with Crippen LogP contribution in [0.1, 0.15) is 23.1 Å². The van der Waals surface area contributed by atoms with E-state index < -0.39 is 0 Å². The Labute approximate surface area is 172 Å². The van der Waals surface area contributed by atoms with Crippen molar-refractivity contribution in [3.8, 4) is 11.5 Å². The molecular weight excluding hydrogens is 373 g/mol. The minimum Gasteiger partial charge on any atom is -0.494 e. The fourth-order valence-corrected chi connectivity index (χ4v) is 2.73. The number of hydrogen-bond acceptors (Lipinski definition) is 4. The van der Waals surface area contributed by atoms with E-state index in [2.05, 4.69) is 21.7 Å². The maximum absolute atomic E-state index is 13.8. The van der Waals surface area contributed by atoms with Crippen LogP contribution in [0.2, 0.25) is 0 Å². The second kappa shape index (κ2) is 11.9. The maximum Gasteiger partial charge on any atom is 0.191 e. The molecule has 2 aromatic carbocycles. The zero-order valence-electron chi connectivity index (χ0n) is 17.5. The van der Waals surface area contributed by atoms with Gasteiger partial charge in [0.1, 0.15) is 5.75 Å². The van der Waals surface area contributed by atoms with E-state index in [1.54, 1.807) is 20.2 Å². The molecule has 6 nitrogen and oxygen atoms in total. The largest absolute Gasteiger partial charge is 0.494 e. The molecule has 0 aliphatic carbocycles. The van der Waals surface area contributed by atoms with Gasteiger partial charge in [-0.25, -0.2) is 4.39 Å². The first-order chi connectivity index (χ1) is 14.1. The standard InChI is InChI=1S/C22H30FN3O3/c1-16-6-8-18(21(12-16)29-11-5-10-27-3)15-26-22(24-2)25-14-17-7-9-20(28-4)19(23)13-17/h6-9,12-13H,5,10-11,14-15H2,1-4H3,(H2,24,25,26). The van der Waals surface area contributed by atoms with E-state index in [0.717, 1.165) is 28.9 Å². The molecule has 0 aliphatic heterocycles. The highest BCUT2D eigenvalue weighted by molar-refractivity contribution is 5.79. The number of hydrogen-bond donors (Lipinski definition) is 2. The molecule has 0 amide bonds. The maximum atomic E-state index is 13.8. The summed E-state index contributed by atoms with van der Waals surface area (Å²) >= 11 is 0. The molecule has 7 heteroatoms. The summed E-state index contributed by atoms with van der Waals surface area (Å²) in [5.74, 6) is 1.31. The number of aryl methyl sites for hydroxylation is 1. The van der Waals surface area contributed by atoms with E-state index in [4.69, 9.17) is 14.2 Å². The first-order valence-corrected chi connectivity index (χ1v) is 9.55. The molecule has 0 aliphatic rings. The molecule has 0 spiro atoms. The molecule has 0 saturated heterocycles. The van der Waals surface area contributed by atoms with Crippen LogP contribution in [0.4, 0.5) is 4.39 Å². The SMILES string of the molecule is CN=C(NCc1ccc(OC)c(F)c1)NCc1ccc(C)cc1OCCCOC. The van der Waals surface area contributed by atoms with E-state index >= 15 is 0 Å². The minimum absolute atomic E-state index is 0.230.